The molecule has 0 fully saturated rings. The Balaban J connectivity index is 2.82. The highest BCUT2D eigenvalue weighted by Gasteiger charge is 2.25. The molecule has 3 N–H and O–H groups in total. The van der Waals surface area contributed by atoms with E-state index in [0.717, 1.165) is 0 Å². The van der Waals surface area contributed by atoms with Crippen LogP contribution in [0.15, 0.2) is 53.5 Å². The fourth-order valence-electron chi connectivity index (χ4n) is 1.87. The molecule has 0 spiro atoms. The first kappa shape index (κ1) is 12.8. The monoisotopic (exact) mass is 268 g/mol. The van der Waals surface area contributed by atoms with E-state index in [1.54, 1.807) is 24.3 Å². The van der Waals surface area contributed by atoms with E-state index >= 15 is 0 Å². The van der Waals surface area contributed by atoms with Crippen LogP contribution in [0.1, 0.15) is 5.56 Å². The van der Waals surface area contributed by atoms with Crippen LogP contribution in [0.3, 0.4) is 0 Å². The zero-order valence-corrected chi connectivity index (χ0v) is 10.6. The second-order valence-electron chi connectivity index (χ2n) is 3.85. The van der Waals surface area contributed by atoms with Crippen LogP contribution in [0, 0.1) is 22.7 Å². The molecule has 1 aliphatic heterocycles. The zero-order valence-electron chi connectivity index (χ0n) is 9.87. The van der Waals surface area contributed by atoms with Crippen LogP contribution >= 0.6 is 11.6 Å². The zero-order chi connectivity index (χ0) is 14.0. The van der Waals surface area contributed by atoms with E-state index in [1.165, 1.54) is 0 Å². The number of nitriles is 2. The van der Waals surface area contributed by atoms with Gasteiger partial charge in [0, 0.05) is 16.2 Å². The fraction of sp³-hybridized carbons (Fsp3) is 0. The number of dihydropyridines is 1. The Morgan fingerprint density at radius 3 is 2.37 bits per heavy atom. The second kappa shape index (κ2) is 4.89. The van der Waals surface area contributed by atoms with Crippen molar-refractivity contribution in [1.29, 1.82) is 10.5 Å². The van der Waals surface area contributed by atoms with Crippen LogP contribution in [0.2, 0.25) is 5.02 Å². The number of allylic oxidation sites excluding steroid dienone is 3. The van der Waals surface area contributed by atoms with Crippen molar-refractivity contribution in [3.63, 3.8) is 0 Å². The topological polar surface area (TPSA) is 85.6 Å². The third kappa shape index (κ3) is 2.06. The number of nitrogens with zero attached hydrogens (tertiary/aromatic N) is 2. The largest absolute Gasteiger partial charge is 0.384 e. The summed E-state index contributed by atoms with van der Waals surface area (Å²) in [6.45, 7) is 3.73. The molecular formula is C14H9ClN4. The third-order valence-corrected chi connectivity index (χ3v) is 3.05. The maximum Gasteiger partial charge on any atom is 0.119 e. The first-order valence-electron chi connectivity index (χ1n) is 5.36. The Kier molecular flexibility index (Phi) is 3.29. The van der Waals surface area contributed by atoms with Crippen molar-refractivity contribution in [2.24, 2.45) is 5.73 Å². The van der Waals surface area contributed by atoms with Gasteiger partial charge in [-0.05, 0) is 6.07 Å². The maximum atomic E-state index is 9.26. The molecule has 4 nitrogen and oxygen atoms in total. The van der Waals surface area contributed by atoms with E-state index < -0.39 is 0 Å². The van der Waals surface area contributed by atoms with Crippen molar-refractivity contribution in [1.82, 2.24) is 5.32 Å². The molecular weight excluding hydrogens is 260 g/mol. The molecule has 92 valence electrons. The Morgan fingerprint density at radius 2 is 1.79 bits per heavy atom. The maximum absolute atomic E-state index is 9.26. The minimum Gasteiger partial charge on any atom is -0.384 e. The summed E-state index contributed by atoms with van der Waals surface area (Å²) in [5.74, 6) is 0.168. The van der Waals surface area contributed by atoms with Crippen LogP contribution in [0.4, 0.5) is 0 Å². The predicted molar refractivity (Wildman–Crippen MR) is 73.1 cm³/mol. The van der Waals surface area contributed by atoms with Crippen molar-refractivity contribution < 1.29 is 0 Å². The Bertz CT molecular complexity index is 714. The van der Waals surface area contributed by atoms with Crippen molar-refractivity contribution in [3.05, 3.63) is 64.1 Å². The normalized spacial score (nSPS) is 14.8. The molecule has 19 heavy (non-hydrogen) atoms. The smallest absolute Gasteiger partial charge is 0.119 e. The highest BCUT2D eigenvalue weighted by atomic mass is 35.5. The molecule has 0 radical (unpaired) electrons. The number of nitrogens with one attached hydrogen (secondary N) is 1. The quantitative estimate of drug-likeness (QED) is 0.819. The standard InChI is InChI=1S/C14H9ClN4/c1-8-10(6-16)13(11(7-17)14(18)19-8)9-4-2-3-5-12(9)15/h2-5,19H,1,18H2. The van der Waals surface area contributed by atoms with Gasteiger partial charge in [0.15, 0.2) is 0 Å². The van der Waals surface area contributed by atoms with Gasteiger partial charge in [-0.1, -0.05) is 36.4 Å². The molecule has 2 rings (SSSR count). The summed E-state index contributed by atoms with van der Waals surface area (Å²) < 4.78 is 0. The van der Waals surface area contributed by atoms with Gasteiger partial charge in [-0.25, -0.2) is 0 Å². The van der Waals surface area contributed by atoms with E-state index in [9.17, 15) is 10.5 Å². The number of hydrogen-bond acceptors (Lipinski definition) is 4. The van der Waals surface area contributed by atoms with Gasteiger partial charge in [-0.15, -0.1) is 0 Å². The van der Waals surface area contributed by atoms with Crippen LogP contribution in [-0.4, -0.2) is 0 Å². The molecule has 1 aromatic rings. The summed E-state index contributed by atoms with van der Waals surface area (Å²) in [6.07, 6.45) is 0. The summed E-state index contributed by atoms with van der Waals surface area (Å²) in [5.41, 5.74) is 7.58. The molecule has 0 unspecified atom stereocenters. The van der Waals surface area contributed by atoms with E-state index in [-0.39, 0.29) is 17.0 Å². The lowest BCUT2D eigenvalue weighted by molar-refractivity contribution is 0.947. The van der Waals surface area contributed by atoms with Gasteiger partial charge in [0.25, 0.3) is 0 Å². The van der Waals surface area contributed by atoms with Gasteiger partial charge < -0.3 is 11.1 Å². The molecule has 1 heterocycles. The molecule has 0 amide bonds. The first-order chi connectivity index (χ1) is 9.10. The number of benzene rings is 1. The van der Waals surface area contributed by atoms with Gasteiger partial charge in [0.1, 0.15) is 23.5 Å². The molecule has 0 aromatic heterocycles. The highest BCUT2D eigenvalue weighted by Crippen LogP contribution is 2.36. The lowest BCUT2D eigenvalue weighted by Gasteiger charge is -2.21. The van der Waals surface area contributed by atoms with Crippen LogP contribution in [0.5, 0.6) is 0 Å². The molecule has 0 saturated carbocycles. The second-order valence-corrected chi connectivity index (χ2v) is 4.25. The van der Waals surface area contributed by atoms with Gasteiger partial charge in [0.05, 0.1) is 11.3 Å². The molecule has 0 aliphatic carbocycles. The van der Waals surface area contributed by atoms with E-state index in [1.807, 2.05) is 12.1 Å². The molecule has 5 heteroatoms. The van der Waals surface area contributed by atoms with Gasteiger partial charge >= 0.3 is 0 Å². The molecule has 0 bridgehead atoms. The number of rotatable bonds is 1. The summed E-state index contributed by atoms with van der Waals surface area (Å²) in [6, 6.07) is 11.0. The number of halogens is 1. The molecule has 1 aromatic carbocycles. The molecule has 0 atom stereocenters. The minimum atomic E-state index is 0.168. The van der Waals surface area contributed by atoms with Crippen molar-refractivity contribution in [2.75, 3.05) is 0 Å². The van der Waals surface area contributed by atoms with E-state index in [2.05, 4.69) is 11.9 Å². The van der Waals surface area contributed by atoms with E-state index in [4.69, 9.17) is 17.3 Å². The molecule has 1 aliphatic rings. The van der Waals surface area contributed by atoms with Crippen molar-refractivity contribution in [2.45, 2.75) is 0 Å². The van der Waals surface area contributed by atoms with Gasteiger partial charge in [-0.2, -0.15) is 10.5 Å². The van der Waals surface area contributed by atoms with Crippen LogP contribution in [0.25, 0.3) is 5.57 Å². The average Bonchev–Trinajstić information content (AvgIpc) is 2.38. The predicted octanol–water partition coefficient (Wildman–Crippen LogP) is 2.43. The average molecular weight is 269 g/mol. The summed E-state index contributed by atoms with van der Waals surface area (Å²) in [4.78, 5) is 0. The number of hydrogen-bond donors (Lipinski definition) is 2. The lowest BCUT2D eigenvalue weighted by atomic mass is 9.90. The van der Waals surface area contributed by atoms with Crippen molar-refractivity contribution in [3.8, 4) is 12.1 Å². The van der Waals surface area contributed by atoms with Crippen LogP contribution < -0.4 is 11.1 Å². The van der Waals surface area contributed by atoms with Crippen molar-refractivity contribution >= 4 is 17.2 Å². The Hall–Kier alpha value is -2.69. The molecule has 0 saturated heterocycles. The third-order valence-electron chi connectivity index (χ3n) is 2.72. The van der Waals surface area contributed by atoms with Crippen LogP contribution in [-0.2, 0) is 0 Å². The van der Waals surface area contributed by atoms with Gasteiger partial charge in [0.2, 0.25) is 0 Å². The Labute approximate surface area is 115 Å². The highest BCUT2D eigenvalue weighted by molar-refractivity contribution is 6.32. The first-order valence-corrected chi connectivity index (χ1v) is 5.73. The fourth-order valence-corrected chi connectivity index (χ4v) is 2.10. The number of nitrogens with two attached hydrogens (primary N) is 1. The summed E-state index contributed by atoms with van der Waals surface area (Å²) in [7, 11) is 0. The minimum absolute atomic E-state index is 0.168. The lowest BCUT2D eigenvalue weighted by Crippen LogP contribution is -2.26. The van der Waals surface area contributed by atoms with Gasteiger partial charge in [-0.3, -0.25) is 0 Å². The Morgan fingerprint density at radius 1 is 1.16 bits per heavy atom. The van der Waals surface area contributed by atoms with E-state index in [0.29, 0.717) is 21.9 Å². The summed E-state index contributed by atoms with van der Waals surface area (Å²) >= 11 is 6.13. The summed E-state index contributed by atoms with van der Waals surface area (Å²) in [5, 5.41) is 21.7. The SMILES string of the molecule is C=C1NC(N)=C(C#N)C(c2ccccc2Cl)=C1C#N.